The molecule has 47 heavy (non-hydrogen) atoms. The molecule has 5 aromatic rings. The van der Waals surface area contributed by atoms with Crippen molar-refractivity contribution >= 4 is 63.0 Å². The molecule has 0 spiro atoms. The standard InChI is InChI=1S/C34H28Cl2N4O6S/c1-5-38(6-2)33(42)29-18(3)37-34-39(31(29)30-21-10-8-7-9-19(21)11-13-27(30)45-4)32(41)28(47-34)15-20-12-14-26(46-20)22-16-24(36)25(40(43)44)17-23(22)35/h7-17,31H,5-6H2,1-4H3/b28-15+/t31-/m1/s1. The van der Waals surface area contributed by atoms with Gasteiger partial charge in [0.2, 0.25) is 0 Å². The lowest BCUT2D eigenvalue weighted by Crippen LogP contribution is -2.43. The fourth-order valence-corrected chi connectivity index (χ4v) is 7.36. The van der Waals surface area contributed by atoms with E-state index in [2.05, 4.69) is 0 Å². The fourth-order valence-electron chi connectivity index (χ4n) is 5.85. The highest BCUT2D eigenvalue weighted by Gasteiger charge is 2.36. The predicted octanol–water partition coefficient (Wildman–Crippen LogP) is 6.74. The molecule has 1 atom stereocenters. The number of amides is 1. The first kappa shape index (κ1) is 32.2. The summed E-state index contributed by atoms with van der Waals surface area (Å²) >= 11 is 13.6. The van der Waals surface area contributed by atoms with Crippen LogP contribution in [0.15, 0.2) is 86.1 Å². The Bertz CT molecular complexity index is 2300. The van der Waals surface area contributed by atoms with E-state index in [0.29, 0.717) is 62.1 Å². The average molecular weight is 692 g/mol. The van der Waals surface area contributed by atoms with Crippen LogP contribution in [0, 0.1) is 10.1 Å². The summed E-state index contributed by atoms with van der Waals surface area (Å²) in [6, 6.07) is 16.6. The third-order valence-corrected chi connectivity index (χ3v) is 9.72. The summed E-state index contributed by atoms with van der Waals surface area (Å²) in [5, 5.41) is 13.0. The van der Waals surface area contributed by atoms with Crippen molar-refractivity contribution in [2.45, 2.75) is 26.8 Å². The summed E-state index contributed by atoms with van der Waals surface area (Å²) < 4.78 is 13.7. The van der Waals surface area contributed by atoms with Crippen molar-refractivity contribution in [3.05, 3.63) is 123 Å². The zero-order valence-electron chi connectivity index (χ0n) is 25.7. The summed E-state index contributed by atoms with van der Waals surface area (Å²) in [7, 11) is 1.57. The Hall–Kier alpha value is -4.71. The van der Waals surface area contributed by atoms with Gasteiger partial charge >= 0.3 is 0 Å². The zero-order valence-corrected chi connectivity index (χ0v) is 28.1. The first-order valence-electron chi connectivity index (χ1n) is 14.7. The molecule has 0 unspecified atom stereocenters. The number of thiazole rings is 1. The smallest absolute Gasteiger partial charge is 0.289 e. The Morgan fingerprint density at radius 3 is 2.57 bits per heavy atom. The van der Waals surface area contributed by atoms with Gasteiger partial charge in [0.05, 0.1) is 32.9 Å². The van der Waals surface area contributed by atoms with Gasteiger partial charge < -0.3 is 14.1 Å². The average Bonchev–Trinajstić information content (AvgIpc) is 3.64. The van der Waals surface area contributed by atoms with Crippen molar-refractivity contribution in [3.8, 4) is 17.1 Å². The number of carbonyl (C=O) groups is 1. The highest BCUT2D eigenvalue weighted by molar-refractivity contribution is 7.07. The van der Waals surface area contributed by atoms with Crippen LogP contribution in [0.4, 0.5) is 5.69 Å². The molecule has 0 N–H and O–H groups in total. The minimum Gasteiger partial charge on any atom is -0.496 e. The molecule has 2 aromatic heterocycles. The van der Waals surface area contributed by atoms with E-state index in [1.54, 1.807) is 41.7 Å². The third kappa shape index (κ3) is 5.64. The molecule has 240 valence electrons. The van der Waals surface area contributed by atoms with Crippen LogP contribution in [0.3, 0.4) is 0 Å². The minimum atomic E-state index is -0.823. The molecular weight excluding hydrogens is 663 g/mol. The van der Waals surface area contributed by atoms with Gasteiger partial charge in [0.15, 0.2) is 4.80 Å². The number of furan rings is 1. The topological polar surface area (TPSA) is 120 Å². The maximum absolute atomic E-state index is 14.3. The molecule has 13 heteroatoms. The molecule has 0 saturated carbocycles. The third-order valence-electron chi connectivity index (χ3n) is 8.13. The summed E-state index contributed by atoms with van der Waals surface area (Å²) in [5.41, 5.74) is 1.28. The van der Waals surface area contributed by atoms with Gasteiger partial charge in [-0.05, 0) is 55.8 Å². The normalized spacial score (nSPS) is 14.7. The second-order valence-corrected chi connectivity index (χ2v) is 12.5. The van der Waals surface area contributed by atoms with Gasteiger partial charge in [-0.15, -0.1) is 0 Å². The largest absolute Gasteiger partial charge is 0.496 e. The van der Waals surface area contributed by atoms with Crippen LogP contribution in [-0.4, -0.2) is 40.5 Å². The number of methoxy groups -OCH3 is 1. The molecule has 0 bridgehead atoms. The van der Waals surface area contributed by atoms with Crippen molar-refractivity contribution in [3.63, 3.8) is 0 Å². The Morgan fingerprint density at radius 2 is 1.87 bits per heavy atom. The Labute approximate surface area is 282 Å². The van der Waals surface area contributed by atoms with E-state index in [-0.39, 0.29) is 27.2 Å². The number of nitrogens with zero attached hydrogens (tertiary/aromatic N) is 4. The molecule has 1 amide bonds. The highest BCUT2D eigenvalue weighted by Crippen LogP contribution is 2.41. The van der Waals surface area contributed by atoms with Crippen LogP contribution >= 0.6 is 34.5 Å². The number of likely N-dealkylation sites (N-methyl/N-ethyl adjacent to an activating group) is 1. The second kappa shape index (κ2) is 12.8. The quantitative estimate of drug-likeness (QED) is 0.131. The van der Waals surface area contributed by atoms with Gasteiger partial charge in [0.25, 0.3) is 17.2 Å². The Morgan fingerprint density at radius 1 is 1.13 bits per heavy atom. The lowest BCUT2D eigenvalue weighted by Gasteiger charge is -2.30. The minimum absolute atomic E-state index is 0.0880. The first-order chi connectivity index (χ1) is 22.6. The molecule has 10 nitrogen and oxygen atoms in total. The molecule has 6 rings (SSSR count). The Balaban J connectivity index is 1.55. The number of fused-ring (bicyclic) bond motifs is 2. The molecule has 1 aliphatic rings. The number of hydrogen-bond donors (Lipinski definition) is 0. The van der Waals surface area contributed by atoms with E-state index in [0.717, 1.165) is 10.8 Å². The van der Waals surface area contributed by atoms with Crippen LogP contribution in [0.25, 0.3) is 28.2 Å². The van der Waals surface area contributed by atoms with Crippen LogP contribution in [-0.2, 0) is 4.79 Å². The van der Waals surface area contributed by atoms with Gasteiger partial charge in [-0.25, -0.2) is 4.99 Å². The lowest BCUT2D eigenvalue weighted by molar-refractivity contribution is -0.384. The van der Waals surface area contributed by atoms with Crippen molar-refractivity contribution in [2.24, 2.45) is 4.99 Å². The number of benzene rings is 3. The molecular formula is C34H28Cl2N4O6S. The number of halogens is 2. The van der Waals surface area contributed by atoms with E-state index in [4.69, 9.17) is 37.3 Å². The van der Waals surface area contributed by atoms with Crippen LogP contribution in [0.1, 0.15) is 38.1 Å². The molecule has 0 saturated heterocycles. The molecule has 1 aliphatic heterocycles. The summed E-state index contributed by atoms with van der Waals surface area (Å²) in [6.45, 7) is 6.59. The van der Waals surface area contributed by atoms with Crippen molar-refractivity contribution in [2.75, 3.05) is 20.2 Å². The van der Waals surface area contributed by atoms with E-state index in [1.807, 2.05) is 50.2 Å². The number of nitro benzene ring substituents is 1. The van der Waals surface area contributed by atoms with Gasteiger partial charge in [-0.1, -0.05) is 64.9 Å². The van der Waals surface area contributed by atoms with E-state index < -0.39 is 11.0 Å². The molecule has 3 heterocycles. The number of carbonyl (C=O) groups excluding carboxylic acids is 1. The fraction of sp³-hybridized carbons (Fsp3) is 0.206. The lowest BCUT2D eigenvalue weighted by atomic mass is 9.90. The van der Waals surface area contributed by atoms with Gasteiger partial charge in [-0.3, -0.25) is 24.3 Å². The first-order valence-corrected chi connectivity index (χ1v) is 16.3. The van der Waals surface area contributed by atoms with Crippen molar-refractivity contribution in [1.29, 1.82) is 0 Å². The SMILES string of the molecule is CCN(CC)C(=O)C1=C(C)N=c2s/c(=C/c3ccc(-c4cc(Cl)c([N+](=O)[O-])cc4Cl)o3)c(=O)n2[C@H]1c1c(OC)ccc2ccccc12. The molecule has 0 fully saturated rings. The maximum atomic E-state index is 14.3. The van der Waals surface area contributed by atoms with E-state index in [9.17, 15) is 19.7 Å². The van der Waals surface area contributed by atoms with Crippen molar-refractivity contribution in [1.82, 2.24) is 9.47 Å². The molecule has 0 radical (unpaired) electrons. The Kier molecular flexibility index (Phi) is 8.80. The van der Waals surface area contributed by atoms with Gasteiger partial charge in [0, 0.05) is 36.4 Å². The monoisotopic (exact) mass is 690 g/mol. The van der Waals surface area contributed by atoms with Crippen LogP contribution in [0.2, 0.25) is 10.0 Å². The summed E-state index contributed by atoms with van der Waals surface area (Å²) in [5.74, 6) is 0.981. The summed E-state index contributed by atoms with van der Waals surface area (Å²) in [4.78, 5) is 46.0. The molecule has 0 aliphatic carbocycles. The zero-order chi connectivity index (χ0) is 33.6. The van der Waals surface area contributed by atoms with Crippen LogP contribution in [0.5, 0.6) is 5.75 Å². The van der Waals surface area contributed by atoms with Gasteiger partial charge in [0.1, 0.15) is 28.3 Å². The van der Waals surface area contributed by atoms with E-state index >= 15 is 0 Å². The van der Waals surface area contributed by atoms with Crippen molar-refractivity contribution < 1.29 is 18.9 Å². The molecule has 3 aromatic carbocycles. The number of hydrogen-bond acceptors (Lipinski definition) is 8. The second-order valence-electron chi connectivity index (χ2n) is 10.7. The van der Waals surface area contributed by atoms with Gasteiger partial charge in [-0.2, -0.15) is 0 Å². The summed E-state index contributed by atoms with van der Waals surface area (Å²) in [6.07, 6.45) is 1.59. The maximum Gasteiger partial charge on any atom is 0.289 e. The van der Waals surface area contributed by atoms with Crippen LogP contribution < -0.4 is 19.6 Å². The number of aromatic nitrogens is 1. The number of rotatable bonds is 8. The number of allylic oxidation sites excluding steroid dienone is 1. The van der Waals surface area contributed by atoms with E-state index in [1.165, 1.54) is 23.5 Å². The number of ether oxygens (including phenoxy) is 1. The number of nitro groups is 1. The highest BCUT2D eigenvalue weighted by atomic mass is 35.5. The predicted molar refractivity (Wildman–Crippen MR) is 183 cm³/mol.